The second-order valence-electron chi connectivity index (χ2n) is 6.46. The van der Waals surface area contributed by atoms with Gasteiger partial charge >= 0.3 is 0 Å². The molecule has 0 unspecified atom stereocenters. The smallest absolute Gasteiger partial charge is 0.228 e. The van der Waals surface area contributed by atoms with Gasteiger partial charge in [-0.25, -0.2) is 0 Å². The normalized spacial score (nSPS) is 11.1. The predicted molar refractivity (Wildman–Crippen MR) is 102 cm³/mol. The van der Waals surface area contributed by atoms with Gasteiger partial charge in [-0.05, 0) is 43.2 Å². The van der Waals surface area contributed by atoms with E-state index in [2.05, 4.69) is 18.3 Å². The fraction of sp³-hybridized carbons (Fsp3) is 0.136. The van der Waals surface area contributed by atoms with E-state index in [0.717, 1.165) is 38.8 Å². The van der Waals surface area contributed by atoms with Crippen molar-refractivity contribution in [2.45, 2.75) is 20.3 Å². The van der Waals surface area contributed by atoms with E-state index < -0.39 is 0 Å². The van der Waals surface area contributed by atoms with Crippen LogP contribution >= 0.6 is 0 Å². The van der Waals surface area contributed by atoms with Crippen molar-refractivity contribution in [2.75, 3.05) is 5.32 Å². The molecule has 1 N–H and O–H groups in total. The maximum Gasteiger partial charge on any atom is 0.228 e. The van der Waals surface area contributed by atoms with Crippen molar-refractivity contribution in [1.82, 2.24) is 0 Å². The number of para-hydroxylation sites is 1. The van der Waals surface area contributed by atoms with Gasteiger partial charge in [-0.15, -0.1) is 0 Å². The summed E-state index contributed by atoms with van der Waals surface area (Å²) in [6.45, 7) is 4.09. The van der Waals surface area contributed by atoms with Gasteiger partial charge in [-0.1, -0.05) is 42.0 Å². The van der Waals surface area contributed by atoms with Gasteiger partial charge in [0.25, 0.3) is 0 Å². The molecule has 25 heavy (non-hydrogen) atoms. The number of aryl methyl sites for hydroxylation is 2. The Morgan fingerprint density at radius 3 is 2.56 bits per heavy atom. The van der Waals surface area contributed by atoms with Gasteiger partial charge in [0, 0.05) is 22.5 Å². The first-order chi connectivity index (χ1) is 12.1. The van der Waals surface area contributed by atoms with Gasteiger partial charge < -0.3 is 9.73 Å². The predicted octanol–water partition coefficient (Wildman–Crippen LogP) is 5.38. The number of amides is 1. The summed E-state index contributed by atoms with van der Waals surface area (Å²) < 4.78 is 5.87. The minimum absolute atomic E-state index is 0.0255. The lowest BCUT2D eigenvalue weighted by Gasteiger charge is -2.08. The number of fused-ring (bicyclic) bond motifs is 3. The van der Waals surface area contributed by atoms with Gasteiger partial charge in [0.05, 0.1) is 6.42 Å². The summed E-state index contributed by atoms with van der Waals surface area (Å²) in [4.78, 5) is 12.4. The highest BCUT2D eigenvalue weighted by Gasteiger charge is 2.10. The maximum absolute atomic E-state index is 12.4. The van der Waals surface area contributed by atoms with Crippen molar-refractivity contribution in [3.63, 3.8) is 0 Å². The molecule has 124 valence electrons. The molecule has 0 aliphatic heterocycles. The number of hydrogen-bond donors (Lipinski definition) is 1. The minimum atomic E-state index is -0.0255. The number of rotatable bonds is 3. The van der Waals surface area contributed by atoms with Crippen LogP contribution in [-0.4, -0.2) is 5.91 Å². The van der Waals surface area contributed by atoms with Crippen LogP contribution in [0.25, 0.3) is 21.9 Å². The van der Waals surface area contributed by atoms with Gasteiger partial charge in [-0.3, -0.25) is 4.79 Å². The van der Waals surface area contributed by atoms with E-state index in [1.807, 2.05) is 61.5 Å². The van der Waals surface area contributed by atoms with Gasteiger partial charge in [-0.2, -0.15) is 0 Å². The lowest BCUT2D eigenvalue weighted by Crippen LogP contribution is -2.15. The van der Waals surface area contributed by atoms with E-state index in [4.69, 9.17) is 4.42 Å². The van der Waals surface area contributed by atoms with Crippen molar-refractivity contribution < 1.29 is 9.21 Å². The lowest BCUT2D eigenvalue weighted by atomic mass is 10.0. The van der Waals surface area contributed by atoms with E-state index in [1.165, 1.54) is 5.56 Å². The summed E-state index contributed by atoms with van der Waals surface area (Å²) in [5, 5.41) is 5.12. The van der Waals surface area contributed by atoms with Crippen molar-refractivity contribution in [3.8, 4) is 0 Å². The zero-order chi connectivity index (χ0) is 17.4. The van der Waals surface area contributed by atoms with Crippen LogP contribution in [0.5, 0.6) is 0 Å². The van der Waals surface area contributed by atoms with Crippen molar-refractivity contribution >= 4 is 33.5 Å². The molecule has 3 nitrogen and oxygen atoms in total. The SMILES string of the molecule is Cc1ccc(CC(=O)Nc2ccc3c(c2)oc2ccccc23)c(C)c1. The Morgan fingerprint density at radius 1 is 0.920 bits per heavy atom. The first-order valence-electron chi connectivity index (χ1n) is 8.37. The minimum Gasteiger partial charge on any atom is -0.456 e. The number of benzene rings is 3. The van der Waals surface area contributed by atoms with Crippen molar-refractivity contribution in [2.24, 2.45) is 0 Å². The van der Waals surface area contributed by atoms with E-state index in [9.17, 15) is 4.79 Å². The Balaban J connectivity index is 1.57. The zero-order valence-electron chi connectivity index (χ0n) is 14.3. The van der Waals surface area contributed by atoms with Crippen LogP contribution in [0.2, 0.25) is 0 Å². The topological polar surface area (TPSA) is 42.2 Å². The molecule has 3 heteroatoms. The second kappa shape index (κ2) is 6.10. The average molecular weight is 329 g/mol. The maximum atomic E-state index is 12.4. The van der Waals surface area contributed by atoms with Crippen LogP contribution < -0.4 is 5.32 Å². The monoisotopic (exact) mass is 329 g/mol. The molecule has 1 heterocycles. The zero-order valence-corrected chi connectivity index (χ0v) is 14.3. The number of hydrogen-bond acceptors (Lipinski definition) is 2. The molecule has 4 aromatic rings. The molecule has 3 aromatic carbocycles. The Bertz CT molecular complexity index is 1090. The van der Waals surface area contributed by atoms with Gasteiger partial charge in [0.1, 0.15) is 11.2 Å². The Morgan fingerprint density at radius 2 is 1.72 bits per heavy atom. The first-order valence-corrected chi connectivity index (χ1v) is 8.37. The Labute approximate surface area is 146 Å². The van der Waals surface area contributed by atoms with Gasteiger partial charge in [0.2, 0.25) is 5.91 Å². The molecule has 0 aliphatic rings. The van der Waals surface area contributed by atoms with E-state index in [1.54, 1.807) is 0 Å². The second-order valence-corrected chi connectivity index (χ2v) is 6.46. The van der Waals surface area contributed by atoms with Crippen LogP contribution in [0.3, 0.4) is 0 Å². The highest BCUT2D eigenvalue weighted by Crippen LogP contribution is 2.30. The molecule has 1 aromatic heterocycles. The van der Waals surface area contributed by atoms with E-state index in [0.29, 0.717) is 6.42 Å². The standard InChI is InChI=1S/C22H19NO2/c1-14-7-8-16(15(2)11-14)12-22(24)23-17-9-10-19-18-5-3-4-6-20(18)25-21(19)13-17/h3-11,13H,12H2,1-2H3,(H,23,24). The third-order valence-corrected chi connectivity index (χ3v) is 4.51. The molecule has 4 rings (SSSR count). The molecule has 0 fully saturated rings. The molecule has 0 saturated carbocycles. The van der Waals surface area contributed by atoms with Crippen molar-refractivity contribution in [3.05, 3.63) is 77.4 Å². The molecule has 1 amide bonds. The van der Waals surface area contributed by atoms with Crippen LogP contribution in [-0.2, 0) is 11.2 Å². The summed E-state index contributed by atoms with van der Waals surface area (Å²) in [6, 6.07) is 19.9. The molecule has 0 bridgehead atoms. The average Bonchev–Trinajstić information content (AvgIpc) is 2.95. The molecule has 0 radical (unpaired) electrons. The molecule has 0 atom stereocenters. The third kappa shape index (κ3) is 3.01. The Kier molecular flexibility index (Phi) is 3.77. The highest BCUT2D eigenvalue weighted by molar-refractivity contribution is 6.06. The molecule has 0 spiro atoms. The summed E-state index contributed by atoms with van der Waals surface area (Å²) in [6.07, 6.45) is 0.365. The first kappa shape index (κ1) is 15.5. The number of carbonyl (C=O) groups is 1. The van der Waals surface area contributed by atoms with Crippen molar-refractivity contribution in [1.29, 1.82) is 0 Å². The van der Waals surface area contributed by atoms with Crippen LogP contribution in [0.15, 0.2) is 65.1 Å². The van der Waals surface area contributed by atoms with Crippen LogP contribution in [0.1, 0.15) is 16.7 Å². The summed E-state index contributed by atoms with van der Waals surface area (Å²) in [5.41, 5.74) is 5.79. The fourth-order valence-electron chi connectivity index (χ4n) is 3.23. The summed E-state index contributed by atoms with van der Waals surface area (Å²) in [5.74, 6) is -0.0255. The molecule has 0 aliphatic carbocycles. The molecule has 0 saturated heterocycles. The number of anilines is 1. The van der Waals surface area contributed by atoms with Crippen LogP contribution in [0, 0.1) is 13.8 Å². The Hall–Kier alpha value is -3.07. The number of nitrogens with one attached hydrogen (secondary N) is 1. The van der Waals surface area contributed by atoms with E-state index >= 15 is 0 Å². The summed E-state index contributed by atoms with van der Waals surface area (Å²) in [7, 11) is 0. The summed E-state index contributed by atoms with van der Waals surface area (Å²) >= 11 is 0. The highest BCUT2D eigenvalue weighted by atomic mass is 16.3. The third-order valence-electron chi connectivity index (χ3n) is 4.51. The van der Waals surface area contributed by atoms with Crippen LogP contribution in [0.4, 0.5) is 5.69 Å². The fourth-order valence-corrected chi connectivity index (χ4v) is 3.23. The quantitative estimate of drug-likeness (QED) is 0.548. The lowest BCUT2D eigenvalue weighted by molar-refractivity contribution is -0.115. The van der Waals surface area contributed by atoms with E-state index in [-0.39, 0.29) is 5.91 Å². The number of carbonyl (C=O) groups excluding carboxylic acids is 1. The number of furan rings is 1. The molecular formula is C22H19NO2. The molecular weight excluding hydrogens is 310 g/mol. The van der Waals surface area contributed by atoms with Gasteiger partial charge in [0.15, 0.2) is 0 Å². The largest absolute Gasteiger partial charge is 0.456 e.